The Kier molecular flexibility index (Phi) is 16.5. The number of carbonyl (C=O) groups excluding carboxylic acids is 1. The molecule has 1 aromatic heterocycles. The van der Waals surface area contributed by atoms with Crippen molar-refractivity contribution in [3.63, 3.8) is 0 Å². The number of hydrogen-bond donors (Lipinski definition) is 1. The molecule has 0 aliphatic carbocycles. The van der Waals surface area contributed by atoms with Crippen LogP contribution in [0.25, 0.3) is 0 Å². The van der Waals surface area contributed by atoms with Gasteiger partial charge < -0.3 is 4.74 Å². The van der Waals surface area contributed by atoms with E-state index in [1.165, 1.54) is 32.1 Å². The molecule has 1 N–H and O–H groups in total. The molecular weight excluding hydrogens is 292 g/mol. The van der Waals surface area contributed by atoms with Gasteiger partial charge in [-0.15, -0.1) is 0 Å². The number of hydrogen-bond acceptors (Lipinski definition) is 3. The number of unbranched alkanes of at least 4 members (excludes halogenated alkanes) is 5. The van der Waals surface area contributed by atoms with Crippen LogP contribution in [0.1, 0.15) is 56.8 Å². The maximum atomic E-state index is 9.72. The molecule has 115 valence electrons. The maximum Gasteiger partial charge on any atom is 0.293 e. The predicted octanol–water partition coefficient (Wildman–Crippen LogP) is 3.54. The minimum atomic E-state index is 0. The molecule has 0 aliphatic heterocycles. The predicted molar refractivity (Wildman–Crippen MR) is 73.5 cm³/mol. The van der Waals surface area contributed by atoms with Crippen molar-refractivity contribution in [2.24, 2.45) is 0 Å². The summed E-state index contributed by atoms with van der Waals surface area (Å²) < 4.78 is 4.56. The van der Waals surface area contributed by atoms with Gasteiger partial charge in [0.25, 0.3) is 6.47 Å². The van der Waals surface area contributed by atoms with Crippen LogP contribution in [0.3, 0.4) is 0 Å². The summed E-state index contributed by atoms with van der Waals surface area (Å²) in [5, 5.41) is 6.71. The van der Waals surface area contributed by atoms with Gasteiger partial charge in [-0.1, -0.05) is 39.0 Å². The first-order valence-electron chi connectivity index (χ1n) is 6.74. The maximum absolute atomic E-state index is 9.72. The van der Waals surface area contributed by atoms with Crippen molar-refractivity contribution in [2.45, 2.75) is 59.3 Å². The quantitative estimate of drug-likeness (QED) is 0.453. The fraction of sp³-hybridized carbons (Fsp3) is 0.714. The summed E-state index contributed by atoms with van der Waals surface area (Å²) in [6, 6.07) is 2.00. The van der Waals surface area contributed by atoms with Crippen LogP contribution in [-0.2, 0) is 26.6 Å². The Bertz CT molecular complexity index is 287. The fourth-order valence-electron chi connectivity index (χ4n) is 1.57. The van der Waals surface area contributed by atoms with Crippen LogP contribution in [0.15, 0.2) is 6.07 Å². The van der Waals surface area contributed by atoms with E-state index in [4.69, 9.17) is 0 Å². The average Bonchev–Trinajstić information content (AvgIpc) is 2.73. The van der Waals surface area contributed by atoms with Crippen molar-refractivity contribution >= 4 is 6.47 Å². The van der Waals surface area contributed by atoms with Gasteiger partial charge in [0.05, 0.1) is 12.3 Å². The number of nitrogens with zero attached hydrogens (tertiary/aromatic N) is 1. The minimum absolute atomic E-state index is 0. The molecule has 0 bridgehead atoms. The van der Waals surface area contributed by atoms with Gasteiger partial charge in [-0.2, -0.15) is 5.10 Å². The molecule has 0 unspecified atom stereocenters. The monoisotopic (exact) mass is 317 g/mol. The molecule has 19 heavy (non-hydrogen) atoms. The molecule has 1 aromatic rings. The van der Waals surface area contributed by atoms with E-state index < -0.39 is 0 Å². The normalized spacial score (nSPS) is 9.00. The smallest absolute Gasteiger partial charge is 0.293 e. The molecule has 4 nitrogen and oxygen atoms in total. The molecule has 1 rings (SSSR count). The second kappa shape index (κ2) is 15.3. The summed E-state index contributed by atoms with van der Waals surface area (Å²) in [4.78, 5) is 9.72. The molecule has 0 atom stereocenters. The van der Waals surface area contributed by atoms with E-state index in [1.807, 2.05) is 19.9 Å². The van der Waals surface area contributed by atoms with Crippen LogP contribution in [0.5, 0.6) is 0 Å². The molecule has 0 aromatic carbocycles. The van der Waals surface area contributed by atoms with Crippen molar-refractivity contribution in [3.05, 3.63) is 17.5 Å². The number of rotatable bonds is 8. The summed E-state index contributed by atoms with van der Waals surface area (Å²) >= 11 is 0. The summed E-state index contributed by atoms with van der Waals surface area (Å²) in [5.41, 5.74) is 2.18. The molecule has 0 spiro atoms. The average molecular weight is 318 g/mol. The Balaban J connectivity index is 0. The second-order valence-corrected chi connectivity index (χ2v) is 4.43. The Morgan fingerprint density at radius 3 is 2.26 bits per heavy atom. The molecule has 0 amide bonds. The first-order valence-corrected chi connectivity index (χ1v) is 6.74. The zero-order chi connectivity index (χ0) is 13.6. The Morgan fingerprint density at radius 1 is 1.21 bits per heavy atom. The van der Waals surface area contributed by atoms with Crippen LogP contribution in [-0.4, -0.2) is 23.3 Å². The Morgan fingerprint density at radius 2 is 1.84 bits per heavy atom. The number of ether oxygens (including phenoxy) is 1. The van der Waals surface area contributed by atoms with Gasteiger partial charge in [0, 0.05) is 22.8 Å². The number of aryl methyl sites for hydroxylation is 2. The van der Waals surface area contributed by atoms with Crippen molar-refractivity contribution < 1.29 is 26.6 Å². The van der Waals surface area contributed by atoms with Crippen LogP contribution < -0.4 is 0 Å². The number of carbonyl (C=O) groups is 1. The molecule has 0 saturated heterocycles. The Hall–Kier alpha value is -0.801. The van der Waals surface area contributed by atoms with Gasteiger partial charge in [-0.3, -0.25) is 9.89 Å². The summed E-state index contributed by atoms with van der Waals surface area (Å²) in [5.74, 6) is 0. The molecule has 5 heteroatoms. The van der Waals surface area contributed by atoms with Gasteiger partial charge in [0.15, 0.2) is 0 Å². The topological polar surface area (TPSA) is 55.0 Å². The number of nitrogens with one attached hydrogen (secondary N) is 1. The third-order valence-electron chi connectivity index (χ3n) is 2.52. The van der Waals surface area contributed by atoms with E-state index in [0.29, 0.717) is 13.1 Å². The number of aromatic amines is 1. The third-order valence-corrected chi connectivity index (χ3v) is 2.52. The molecule has 0 fully saturated rings. The summed E-state index contributed by atoms with van der Waals surface area (Å²) in [7, 11) is 0. The van der Waals surface area contributed by atoms with Gasteiger partial charge in [0.2, 0.25) is 0 Å². The molecule has 1 radical (unpaired) electrons. The van der Waals surface area contributed by atoms with E-state index in [2.05, 4.69) is 21.9 Å². The van der Waals surface area contributed by atoms with Crippen molar-refractivity contribution in [1.29, 1.82) is 0 Å². The SMILES string of the molecule is CCCCCCCCOC=O.Cc1cc(C)[nH]n1.[Cu]. The Labute approximate surface area is 127 Å². The molecule has 0 aliphatic rings. The zero-order valence-electron chi connectivity index (χ0n) is 12.2. The van der Waals surface area contributed by atoms with Crippen LogP contribution in [0, 0.1) is 13.8 Å². The second-order valence-electron chi connectivity index (χ2n) is 4.43. The van der Waals surface area contributed by atoms with E-state index in [1.54, 1.807) is 0 Å². The van der Waals surface area contributed by atoms with E-state index in [-0.39, 0.29) is 17.1 Å². The van der Waals surface area contributed by atoms with Crippen molar-refractivity contribution in [2.75, 3.05) is 6.61 Å². The van der Waals surface area contributed by atoms with Crippen LogP contribution in [0.4, 0.5) is 0 Å². The zero-order valence-corrected chi connectivity index (χ0v) is 13.1. The minimum Gasteiger partial charge on any atom is -0.468 e. The first kappa shape index (κ1) is 20.5. The largest absolute Gasteiger partial charge is 0.468 e. The van der Waals surface area contributed by atoms with Gasteiger partial charge >= 0.3 is 0 Å². The molecule has 1 heterocycles. The summed E-state index contributed by atoms with van der Waals surface area (Å²) in [6.07, 6.45) is 7.41. The summed E-state index contributed by atoms with van der Waals surface area (Å²) in [6.45, 7) is 7.26. The number of H-pyrrole nitrogens is 1. The van der Waals surface area contributed by atoms with Gasteiger partial charge in [-0.25, -0.2) is 0 Å². The third kappa shape index (κ3) is 15.1. The standard InChI is InChI=1S/C9H18O2.C5H8N2.Cu/c1-2-3-4-5-6-7-8-11-9-10;1-4-3-5(2)7-6-4;/h9H,2-8H2,1H3;3H,1-2H3,(H,6,7);. The van der Waals surface area contributed by atoms with Crippen LogP contribution >= 0.6 is 0 Å². The van der Waals surface area contributed by atoms with E-state index in [0.717, 1.165) is 17.8 Å². The number of aromatic nitrogens is 2. The van der Waals surface area contributed by atoms with E-state index in [9.17, 15) is 4.79 Å². The van der Waals surface area contributed by atoms with Crippen molar-refractivity contribution in [1.82, 2.24) is 10.2 Å². The fourth-order valence-corrected chi connectivity index (χ4v) is 1.57. The van der Waals surface area contributed by atoms with E-state index >= 15 is 0 Å². The van der Waals surface area contributed by atoms with Crippen LogP contribution in [0.2, 0.25) is 0 Å². The molecule has 0 saturated carbocycles. The molecular formula is C14H26CuN2O2. The first-order chi connectivity index (χ1) is 8.70. The van der Waals surface area contributed by atoms with Gasteiger partial charge in [-0.05, 0) is 26.3 Å². The van der Waals surface area contributed by atoms with Crippen molar-refractivity contribution in [3.8, 4) is 0 Å². The van der Waals surface area contributed by atoms with Gasteiger partial charge in [0.1, 0.15) is 0 Å².